The Kier molecular flexibility index (Phi) is 7.50. The van der Waals surface area contributed by atoms with E-state index in [-0.39, 0.29) is 5.97 Å². The maximum absolute atomic E-state index is 13.3. The fourth-order valence-electron chi connectivity index (χ4n) is 3.46. The quantitative estimate of drug-likeness (QED) is 0.444. The van der Waals surface area contributed by atoms with Crippen LogP contribution in [-0.4, -0.2) is 33.3 Å². The highest BCUT2D eigenvalue weighted by atomic mass is 16.5. The van der Waals surface area contributed by atoms with E-state index in [1.807, 2.05) is 67.3 Å². The number of hydrogen-bond donors (Lipinski definition) is 0. The van der Waals surface area contributed by atoms with E-state index < -0.39 is 5.54 Å². The molecule has 5 heteroatoms. The van der Waals surface area contributed by atoms with Gasteiger partial charge in [-0.1, -0.05) is 18.2 Å². The highest BCUT2D eigenvalue weighted by Crippen LogP contribution is 2.39. The van der Waals surface area contributed by atoms with Gasteiger partial charge in [-0.2, -0.15) is 0 Å². The van der Waals surface area contributed by atoms with Crippen LogP contribution in [0.3, 0.4) is 0 Å². The zero-order valence-electron chi connectivity index (χ0n) is 17.1. The van der Waals surface area contributed by atoms with Crippen molar-refractivity contribution in [1.29, 1.82) is 0 Å². The highest BCUT2D eigenvalue weighted by Gasteiger charge is 2.46. The van der Waals surface area contributed by atoms with E-state index in [0.29, 0.717) is 19.6 Å². The number of rotatable bonds is 10. The molecule has 2 aromatic carbocycles. The number of hydrogen-bond acceptors (Lipinski definition) is 5. The molecule has 28 heavy (non-hydrogen) atoms. The number of ether oxygens (including phenoxy) is 3. The molecule has 0 aliphatic rings. The van der Waals surface area contributed by atoms with Gasteiger partial charge in [0.05, 0.1) is 20.8 Å². The van der Waals surface area contributed by atoms with Crippen LogP contribution in [0.5, 0.6) is 11.5 Å². The van der Waals surface area contributed by atoms with E-state index in [0.717, 1.165) is 22.7 Å². The third-order valence-electron chi connectivity index (χ3n) is 4.78. The monoisotopic (exact) mass is 383 g/mol. The maximum atomic E-state index is 13.3. The lowest BCUT2D eigenvalue weighted by molar-refractivity contribution is -0.150. The number of carbonyl (C=O) groups is 1. The summed E-state index contributed by atoms with van der Waals surface area (Å²) in [6.07, 6.45) is 2.16. The van der Waals surface area contributed by atoms with E-state index in [1.54, 1.807) is 20.3 Å². The van der Waals surface area contributed by atoms with Crippen molar-refractivity contribution < 1.29 is 19.0 Å². The van der Waals surface area contributed by atoms with Crippen molar-refractivity contribution >= 4 is 11.7 Å². The minimum atomic E-state index is -1.03. The number of esters is 1. The Morgan fingerprint density at radius 2 is 1.54 bits per heavy atom. The number of nitrogens with zero attached hydrogens (tertiary/aromatic N) is 1. The van der Waals surface area contributed by atoms with Crippen molar-refractivity contribution in [3.05, 3.63) is 66.7 Å². The molecular weight excluding hydrogens is 354 g/mol. The summed E-state index contributed by atoms with van der Waals surface area (Å²) in [4.78, 5) is 15.4. The maximum Gasteiger partial charge on any atom is 0.337 e. The average Bonchev–Trinajstić information content (AvgIpc) is 2.74. The van der Waals surface area contributed by atoms with Crippen molar-refractivity contribution in [1.82, 2.24) is 0 Å². The average molecular weight is 383 g/mol. The zero-order valence-corrected chi connectivity index (χ0v) is 17.1. The smallest absolute Gasteiger partial charge is 0.337 e. The van der Waals surface area contributed by atoms with Gasteiger partial charge >= 0.3 is 5.97 Å². The summed E-state index contributed by atoms with van der Waals surface area (Å²) in [6.45, 7) is 8.64. The number of carbonyl (C=O) groups excluding carboxylic acids is 1. The standard InChI is InChI=1S/C23H29NO4/c1-6-17-23(22(25)28-8-3,18-9-13-20(26-4)14-10-18)24(7-2)19-11-15-21(27-5)16-12-19/h6,9-16H,1,7-8,17H2,2-5H3. The van der Waals surface area contributed by atoms with Gasteiger partial charge in [-0.05, 0) is 55.8 Å². The van der Waals surface area contributed by atoms with E-state index >= 15 is 0 Å². The molecule has 2 aromatic rings. The molecule has 0 aromatic heterocycles. The molecule has 0 aliphatic carbocycles. The van der Waals surface area contributed by atoms with Crippen molar-refractivity contribution in [3.63, 3.8) is 0 Å². The minimum absolute atomic E-state index is 0.300. The molecule has 0 heterocycles. The van der Waals surface area contributed by atoms with E-state index in [9.17, 15) is 4.79 Å². The molecule has 150 valence electrons. The van der Waals surface area contributed by atoms with Crippen LogP contribution in [0.15, 0.2) is 61.2 Å². The number of anilines is 1. The summed E-state index contributed by atoms with van der Waals surface area (Å²) in [5.41, 5.74) is 0.686. The summed E-state index contributed by atoms with van der Waals surface area (Å²) >= 11 is 0. The second-order valence-electron chi connectivity index (χ2n) is 6.24. The molecule has 0 spiro atoms. The van der Waals surface area contributed by atoms with Crippen LogP contribution in [0.2, 0.25) is 0 Å². The molecule has 1 unspecified atom stereocenters. The van der Waals surface area contributed by atoms with Crippen molar-refractivity contribution in [2.45, 2.75) is 25.8 Å². The van der Waals surface area contributed by atoms with Gasteiger partial charge in [0.25, 0.3) is 0 Å². The van der Waals surface area contributed by atoms with E-state index in [2.05, 4.69) is 6.58 Å². The molecule has 0 saturated heterocycles. The summed E-state index contributed by atoms with van der Waals surface area (Å²) in [7, 11) is 3.25. The Morgan fingerprint density at radius 3 is 1.96 bits per heavy atom. The molecule has 0 N–H and O–H groups in total. The van der Waals surface area contributed by atoms with E-state index in [4.69, 9.17) is 14.2 Å². The van der Waals surface area contributed by atoms with Crippen molar-refractivity contribution in [2.75, 3.05) is 32.3 Å². The fourth-order valence-corrected chi connectivity index (χ4v) is 3.46. The molecule has 0 amide bonds. The number of methoxy groups -OCH3 is 2. The lowest BCUT2D eigenvalue weighted by Crippen LogP contribution is -2.53. The fraction of sp³-hybridized carbons (Fsp3) is 0.348. The molecule has 2 rings (SSSR count). The molecule has 0 bridgehead atoms. The van der Waals surface area contributed by atoms with Crippen LogP contribution in [0.1, 0.15) is 25.8 Å². The van der Waals surface area contributed by atoms with Gasteiger partial charge in [-0.25, -0.2) is 4.79 Å². The normalized spacial score (nSPS) is 12.6. The Labute approximate surface area is 167 Å². The Hall–Kier alpha value is -2.95. The summed E-state index contributed by atoms with van der Waals surface area (Å²) < 4.78 is 16.1. The first kappa shape index (κ1) is 21.4. The molecule has 0 radical (unpaired) electrons. The highest BCUT2D eigenvalue weighted by molar-refractivity contribution is 5.87. The minimum Gasteiger partial charge on any atom is -0.497 e. The lowest BCUT2D eigenvalue weighted by atomic mass is 9.83. The molecule has 0 aliphatic heterocycles. The lowest BCUT2D eigenvalue weighted by Gasteiger charge is -2.43. The summed E-state index contributed by atoms with van der Waals surface area (Å²) in [5, 5.41) is 0. The molecule has 5 nitrogen and oxygen atoms in total. The molecule has 1 atom stereocenters. The topological polar surface area (TPSA) is 48.0 Å². The van der Waals surface area contributed by atoms with Gasteiger partial charge in [0.1, 0.15) is 11.5 Å². The van der Waals surface area contributed by atoms with Crippen molar-refractivity contribution in [3.8, 4) is 11.5 Å². The first-order valence-electron chi connectivity index (χ1n) is 9.41. The molecule has 0 saturated carbocycles. The predicted molar refractivity (Wildman–Crippen MR) is 112 cm³/mol. The van der Waals surface area contributed by atoms with Gasteiger partial charge in [-0.15, -0.1) is 6.58 Å². The number of likely N-dealkylation sites (N-methyl/N-ethyl adjacent to an activating group) is 1. The van der Waals surface area contributed by atoms with E-state index in [1.165, 1.54) is 0 Å². The third-order valence-corrected chi connectivity index (χ3v) is 4.78. The van der Waals surface area contributed by atoms with Gasteiger partial charge in [-0.3, -0.25) is 0 Å². The first-order chi connectivity index (χ1) is 13.6. The second kappa shape index (κ2) is 9.83. The Bertz CT molecular complexity index is 770. The number of benzene rings is 2. The van der Waals surface area contributed by atoms with Crippen LogP contribution >= 0.6 is 0 Å². The zero-order chi connectivity index (χ0) is 20.6. The van der Waals surface area contributed by atoms with Crippen LogP contribution in [-0.2, 0) is 15.1 Å². The van der Waals surface area contributed by atoms with Gasteiger partial charge in [0.2, 0.25) is 0 Å². The largest absolute Gasteiger partial charge is 0.497 e. The Morgan fingerprint density at radius 1 is 1.00 bits per heavy atom. The van der Waals surface area contributed by atoms with Gasteiger partial charge in [0.15, 0.2) is 5.54 Å². The van der Waals surface area contributed by atoms with Crippen LogP contribution in [0, 0.1) is 0 Å². The Balaban J connectivity index is 2.66. The summed E-state index contributed by atoms with van der Waals surface area (Å²) in [5.74, 6) is 1.18. The van der Waals surface area contributed by atoms with Crippen LogP contribution in [0.25, 0.3) is 0 Å². The van der Waals surface area contributed by atoms with Crippen LogP contribution in [0.4, 0.5) is 5.69 Å². The molecule has 0 fully saturated rings. The molecular formula is C23H29NO4. The van der Waals surface area contributed by atoms with Gasteiger partial charge in [0, 0.05) is 18.7 Å². The van der Waals surface area contributed by atoms with Crippen LogP contribution < -0.4 is 14.4 Å². The predicted octanol–water partition coefficient (Wildman–Crippen LogP) is 4.56. The SMILES string of the molecule is C=CCC(C(=O)OCC)(c1ccc(OC)cc1)N(CC)c1ccc(OC)cc1. The first-order valence-corrected chi connectivity index (χ1v) is 9.41. The second-order valence-corrected chi connectivity index (χ2v) is 6.24. The van der Waals surface area contributed by atoms with Crippen molar-refractivity contribution in [2.24, 2.45) is 0 Å². The third kappa shape index (κ3) is 4.14. The summed E-state index contributed by atoms with van der Waals surface area (Å²) in [6, 6.07) is 15.2. The van der Waals surface area contributed by atoms with Gasteiger partial charge < -0.3 is 19.1 Å².